The maximum atomic E-state index is 13.0. The molecule has 1 aromatic heterocycles. The Bertz CT molecular complexity index is 849. The van der Waals surface area contributed by atoms with Crippen LogP contribution in [0.25, 0.3) is 0 Å². The van der Waals surface area contributed by atoms with Crippen LogP contribution < -0.4 is 5.69 Å². The van der Waals surface area contributed by atoms with Crippen LogP contribution in [0.4, 0.5) is 0 Å². The fourth-order valence-corrected chi connectivity index (χ4v) is 4.33. The first-order valence-corrected chi connectivity index (χ1v) is 10.5. The van der Waals surface area contributed by atoms with Gasteiger partial charge < -0.3 is 4.90 Å². The molecule has 4 rings (SSSR count). The van der Waals surface area contributed by atoms with E-state index in [4.69, 9.17) is 0 Å². The number of carbonyl (C=O) groups excluding carboxylic acids is 1. The molecular weight excluding hydrogens is 348 g/mol. The second kappa shape index (κ2) is 7.31. The Morgan fingerprint density at radius 3 is 2.62 bits per heavy atom. The van der Waals surface area contributed by atoms with Crippen molar-refractivity contribution in [1.82, 2.24) is 19.2 Å². The van der Waals surface area contributed by atoms with E-state index in [2.05, 4.69) is 17.2 Å². The third-order valence-electron chi connectivity index (χ3n) is 5.32. The molecule has 2 aliphatic heterocycles. The second-order valence-electron chi connectivity index (χ2n) is 7.01. The lowest BCUT2D eigenvalue weighted by atomic mass is 10.0. The van der Waals surface area contributed by atoms with Crippen molar-refractivity contribution in [3.63, 3.8) is 0 Å². The molecule has 6 nitrogen and oxygen atoms in total. The summed E-state index contributed by atoms with van der Waals surface area (Å²) < 4.78 is 3.17. The molecular formula is C19H24N4O2S. The van der Waals surface area contributed by atoms with E-state index in [0.29, 0.717) is 6.54 Å². The maximum Gasteiger partial charge on any atom is 0.346 e. The highest BCUT2D eigenvalue weighted by Gasteiger charge is 2.34. The molecule has 0 aliphatic carbocycles. The predicted octanol–water partition coefficient (Wildman–Crippen LogP) is 2.31. The average Bonchev–Trinajstić information content (AvgIpc) is 3.31. The van der Waals surface area contributed by atoms with Gasteiger partial charge in [-0.15, -0.1) is 11.8 Å². The molecule has 2 aromatic rings. The van der Waals surface area contributed by atoms with Crippen LogP contribution >= 0.6 is 11.8 Å². The molecule has 1 amide bonds. The Labute approximate surface area is 157 Å². The molecule has 0 spiro atoms. The van der Waals surface area contributed by atoms with Crippen molar-refractivity contribution in [2.45, 2.75) is 49.6 Å². The zero-order chi connectivity index (χ0) is 18.1. The number of rotatable bonds is 4. The van der Waals surface area contributed by atoms with Crippen molar-refractivity contribution in [3.05, 3.63) is 46.1 Å². The molecule has 138 valence electrons. The van der Waals surface area contributed by atoms with Gasteiger partial charge in [0.2, 0.25) is 5.91 Å². The number of fused-ring (bicyclic) bond motifs is 1. The lowest BCUT2D eigenvalue weighted by Gasteiger charge is -2.27. The van der Waals surface area contributed by atoms with Gasteiger partial charge in [-0.2, -0.15) is 5.10 Å². The molecule has 1 aromatic carbocycles. The summed E-state index contributed by atoms with van der Waals surface area (Å²) in [5, 5.41) is 4.54. The molecule has 1 saturated heterocycles. The number of thioether (sulfide) groups is 1. The molecule has 7 heteroatoms. The topological polar surface area (TPSA) is 60.1 Å². The van der Waals surface area contributed by atoms with Gasteiger partial charge in [0.05, 0.1) is 6.54 Å². The van der Waals surface area contributed by atoms with Crippen molar-refractivity contribution >= 4 is 17.7 Å². The number of aromatic nitrogens is 3. The summed E-state index contributed by atoms with van der Waals surface area (Å²) in [5.74, 6) is 0.842. The molecule has 0 N–H and O–H groups in total. The quantitative estimate of drug-likeness (QED) is 0.773. The number of nitrogens with zero attached hydrogens (tertiary/aromatic N) is 4. The van der Waals surface area contributed by atoms with Crippen LogP contribution in [0, 0.1) is 0 Å². The largest absolute Gasteiger partial charge is 0.346 e. The summed E-state index contributed by atoms with van der Waals surface area (Å²) in [4.78, 5) is 28.9. The van der Waals surface area contributed by atoms with Gasteiger partial charge in [-0.05, 0) is 49.6 Å². The molecule has 1 atom stereocenters. The molecule has 3 heterocycles. The first-order valence-electron chi connectivity index (χ1n) is 9.27. The Morgan fingerprint density at radius 2 is 1.92 bits per heavy atom. The van der Waals surface area contributed by atoms with Crippen LogP contribution in [-0.2, 0) is 17.8 Å². The van der Waals surface area contributed by atoms with Gasteiger partial charge in [0.25, 0.3) is 0 Å². The van der Waals surface area contributed by atoms with E-state index in [9.17, 15) is 9.59 Å². The molecule has 2 aliphatic rings. The van der Waals surface area contributed by atoms with Gasteiger partial charge in [-0.25, -0.2) is 9.48 Å². The van der Waals surface area contributed by atoms with E-state index in [-0.39, 0.29) is 17.6 Å². The molecule has 26 heavy (non-hydrogen) atoms. The highest BCUT2D eigenvalue weighted by Crippen LogP contribution is 2.25. The molecule has 0 saturated carbocycles. The molecule has 1 fully saturated rings. The van der Waals surface area contributed by atoms with Crippen molar-refractivity contribution < 1.29 is 4.79 Å². The number of benzene rings is 1. The van der Waals surface area contributed by atoms with Crippen LogP contribution in [0.2, 0.25) is 0 Å². The van der Waals surface area contributed by atoms with E-state index >= 15 is 0 Å². The normalized spacial score (nSPS) is 19.6. The van der Waals surface area contributed by atoms with E-state index in [1.807, 2.05) is 23.3 Å². The minimum Gasteiger partial charge on any atom is -0.341 e. The number of likely N-dealkylation sites (tertiary alicyclic amines) is 1. The van der Waals surface area contributed by atoms with E-state index in [1.165, 1.54) is 9.58 Å². The Balaban J connectivity index is 1.61. The molecule has 0 bridgehead atoms. The van der Waals surface area contributed by atoms with E-state index in [0.717, 1.165) is 56.6 Å². The van der Waals surface area contributed by atoms with Gasteiger partial charge in [0, 0.05) is 24.4 Å². The summed E-state index contributed by atoms with van der Waals surface area (Å²) in [6.45, 7) is 2.07. The minimum absolute atomic E-state index is 0.0921. The zero-order valence-electron chi connectivity index (χ0n) is 15.1. The fraction of sp³-hybridized carbons (Fsp3) is 0.526. The highest BCUT2D eigenvalue weighted by molar-refractivity contribution is 7.98. The van der Waals surface area contributed by atoms with Gasteiger partial charge in [0.1, 0.15) is 11.9 Å². The summed E-state index contributed by atoms with van der Waals surface area (Å²) in [6, 6.07) is 7.80. The number of hydrogen-bond donors (Lipinski definition) is 0. The third kappa shape index (κ3) is 3.20. The maximum absolute atomic E-state index is 13.0. The summed E-state index contributed by atoms with van der Waals surface area (Å²) >= 11 is 1.69. The third-order valence-corrected chi connectivity index (χ3v) is 6.07. The van der Waals surface area contributed by atoms with Crippen molar-refractivity contribution in [3.8, 4) is 0 Å². The van der Waals surface area contributed by atoms with Crippen LogP contribution in [0.15, 0.2) is 34.0 Å². The Hall–Kier alpha value is -2.02. The number of amides is 1. The lowest BCUT2D eigenvalue weighted by Crippen LogP contribution is -2.41. The van der Waals surface area contributed by atoms with Crippen LogP contribution in [-0.4, -0.2) is 44.5 Å². The first kappa shape index (κ1) is 17.4. The number of aryl methyl sites for hydroxylation is 1. The molecule has 0 unspecified atom stereocenters. The monoisotopic (exact) mass is 372 g/mol. The van der Waals surface area contributed by atoms with E-state index < -0.39 is 0 Å². The Kier molecular flexibility index (Phi) is 4.89. The summed E-state index contributed by atoms with van der Waals surface area (Å²) in [6.07, 6.45) is 6.56. The van der Waals surface area contributed by atoms with Gasteiger partial charge in [-0.1, -0.05) is 12.1 Å². The van der Waals surface area contributed by atoms with Crippen LogP contribution in [0.3, 0.4) is 0 Å². The van der Waals surface area contributed by atoms with Crippen molar-refractivity contribution in [2.75, 3.05) is 19.3 Å². The van der Waals surface area contributed by atoms with Crippen LogP contribution in [0.1, 0.15) is 43.1 Å². The summed E-state index contributed by atoms with van der Waals surface area (Å²) in [7, 11) is 0. The smallest absolute Gasteiger partial charge is 0.341 e. The van der Waals surface area contributed by atoms with Crippen LogP contribution in [0.5, 0.6) is 0 Å². The average molecular weight is 372 g/mol. The van der Waals surface area contributed by atoms with Crippen molar-refractivity contribution in [2.24, 2.45) is 0 Å². The number of carbonyl (C=O) groups is 1. The highest BCUT2D eigenvalue weighted by atomic mass is 32.2. The van der Waals surface area contributed by atoms with Gasteiger partial charge in [-0.3, -0.25) is 9.36 Å². The first-order chi connectivity index (χ1) is 12.7. The summed E-state index contributed by atoms with van der Waals surface area (Å²) in [5.41, 5.74) is 0.883. The lowest BCUT2D eigenvalue weighted by molar-refractivity contribution is -0.134. The second-order valence-corrected chi connectivity index (χ2v) is 7.89. The fourth-order valence-electron chi connectivity index (χ4n) is 3.92. The zero-order valence-corrected chi connectivity index (χ0v) is 15.9. The van der Waals surface area contributed by atoms with E-state index in [1.54, 1.807) is 16.3 Å². The SMILES string of the molecule is CSc1ccc(Cn2nc3n(c2=O)[C@@H](C(=O)N2CCCC2)CCC3)cc1. The van der Waals surface area contributed by atoms with Gasteiger partial charge in [0.15, 0.2) is 0 Å². The minimum atomic E-state index is -0.378. The molecule has 0 radical (unpaired) electrons. The van der Waals surface area contributed by atoms with Gasteiger partial charge >= 0.3 is 5.69 Å². The van der Waals surface area contributed by atoms with Crippen molar-refractivity contribution in [1.29, 1.82) is 0 Å². The standard InChI is InChI=1S/C19H24N4O2S/c1-26-15-9-7-14(8-10-15)13-22-19(25)23-16(5-4-6-17(23)20-22)18(24)21-11-2-3-12-21/h7-10,16H,2-6,11-13H2,1H3/t16-/m1/s1. The number of hydrogen-bond acceptors (Lipinski definition) is 4. The predicted molar refractivity (Wildman–Crippen MR) is 102 cm³/mol. The Morgan fingerprint density at radius 1 is 1.19 bits per heavy atom.